The zero-order valence-corrected chi connectivity index (χ0v) is 8.94. The maximum Gasteiger partial charge on any atom is 0.320 e. The number of nitrogens with two attached hydrogens (primary N) is 1. The number of rotatable bonds is 5. The number of hydrogen-bond donors (Lipinski definition) is 2. The number of aryl methyl sites for hydroxylation is 1. The Kier molecular flexibility index (Phi) is 4.31. The second kappa shape index (κ2) is 5.51. The summed E-state index contributed by atoms with van der Waals surface area (Å²) in [6.07, 6.45) is 2.57. The van der Waals surface area contributed by atoms with Crippen molar-refractivity contribution >= 4 is 5.97 Å². The third-order valence-corrected chi connectivity index (χ3v) is 2.33. The lowest BCUT2D eigenvalue weighted by atomic mass is 10.0. The molecular weight excluding hydrogens is 190 g/mol. The molecule has 3 N–H and O–H groups in total. The molecule has 1 rings (SSSR count). The van der Waals surface area contributed by atoms with E-state index in [-0.39, 0.29) is 0 Å². The SMILES string of the molecule is CCCc1ccc(CC(N)C(=O)O)cc1. The average Bonchev–Trinajstić information content (AvgIpc) is 2.21. The first-order valence-electron chi connectivity index (χ1n) is 5.19. The van der Waals surface area contributed by atoms with Crippen molar-refractivity contribution < 1.29 is 9.90 Å². The van der Waals surface area contributed by atoms with Gasteiger partial charge in [-0.2, -0.15) is 0 Å². The van der Waals surface area contributed by atoms with E-state index in [1.165, 1.54) is 5.56 Å². The highest BCUT2D eigenvalue weighted by atomic mass is 16.4. The largest absolute Gasteiger partial charge is 0.480 e. The number of benzene rings is 1. The van der Waals surface area contributed by atoms with Crippen molar-refractivity contribution in [2.45, 2.75) is 32.2 Å². The molecule has 0 aliphatic heterocycles. The minimum absolute atomic E-state index is 0.391. The van der Waals surface area contributed by atoms with Crippen molar-refractivity contribution in [3.05, 3.63) is 35.4 Å². The van der Waals surface area contributed by atoms with Gasteiger partial charge in [0, 0.05) is 0 Å². The van der Waals surface area contributed by atoms with E-state index < -0.39 is 12.0 Å². The van der Waals surface area contributed by atoms with Crippen molar-refractivity contribution in [1.29, 1.82) is 0 Å². The Balaban J connectivity index is 2.60. The van der Waals surface area contributed by atoms with Crippen LogP contribution in [0.4, 0.5) is 0 Å². The Morgan fingerprint density at radius 2 is 1.87 bits per heavy atom. The van der Waals surface area contributed by atoms with E-state index in [2.05, 4.69) is 6.92 Å². The minimum atomic E-state index is -0.951. The molecule has 0 aromatic heterocycles. The number of carboxylic acid groups (broad SMARTS) is 1. The Morgan fingerprint density at radius 1 is 1.33 bits per heavy atom. The normalized spacial score (nSPS) is 12.4. The summed E-state index contributed by atoms with van der Waals surface area (Å²) in [7, 11) is 0. The van der Waals surface area contributed by atoms with Gasteiger partial charge in [-0.05, 0) is 24.0 Å². The summed E-state index contributed by atoms with van der Waals surface area (Å²) >= 11 is 0. The van der Waals surface area contributed by atoms with Gasteiger partial charge in [-0.15, -0.1) is 0 Å². The summed E-state index contributed by atoms with van der Waals surface area (Å²) < 4.78 is 0. The molecule has 0 heterocycles. The predicted octanol–water partition coefficient (Wildman–Crippen LogP) is 1.59. The zero-order chi connectivity index (χ0) is 11.3. The fourth-order valence-electron chi connectivity index (χ4n) is 1.47. The van der Waals surface area contributed by atoms with Crippen molar-refractivity contribution in [2.75, 3.05) is 0 Å². The standard InChI is InChI=1S/C12H17NO2/c1-2-3-9-4-6-10(7-5-9)8-11(13)12(14)15/h4-7,11H,2-3,8,13H2,1H3,(H,14,15). The Bertz CT molecular complexity index is 319. The summed E-state index contributed by atoms with van der Waals surface area (Å²) in [5, 5.41) is 8.66. The highest BCUT2D eigenvalue weighted by Gasteiger charge is 2.11. The lowest BCUT2D eigenvalue weighted by Crippen LogP contribution is -2.32. The van der Waals surface area contributed by atoms with E-state index in [1.807, 2.05) is 24.3 Å². The molecule has 3 heteroatoms. The van der Waals surface area contributed by atoms with Crippen LogP contribution in [0.3, 0.4) is 0 Å². The van der Waals surface area contributed by atoms with Crippen LogP contribution in [0.2, 0.25) is 0 Å². The van der Waals surface area contributed by atoms with Crippen LogP contribution in [0.25, 0.3) is 0 Å². The quantitative estimate of drug-likeness (QED) is 0.770. The summed E-state index contributed by atoms with van der Waals surface area (Å²) in [6.45, 7) is 2.13. The first kappa shape index (κ1) is 11.7. The summed E-state index contributed by atoms with van der Waals surface area (Å²) in [4.78, 5) is 10.5. The third kappa shape index (κ3) is 3.72. The van der Waals surface area contributed by atoms with Gasteiger partial charge in [-0.25, -0.2) is 0 Å². The van der Waals surface area contributed by atoms with Gasteiger partial charge in [0.05, 0.1) is 0 Å². The second-order valence-corrected chi connectivity index (χ2v) is 3.72. The Labute approximate surface area is 89.9 Å². The molecule has 82 valence electrons. The number of hydrogen-bond acceptors (Lipinski definition) is 2. The lowest BCUT2D eigenvalue weighted by molar-refractivity contribution is -0.138. The van der Waals surface area contributed by atoms with E-state index in [4.69, 9.17) is 10.8 Å². The van der Waals surface area contributed by atoms with Gasteiger partial charge >= 0.3 is 5.97 Å². The Hall–Kier alpha value is -1.35. The highest BCUT2D eigenvalue weighted by Crippen LogP contribution is 2.08. The molecule has 0 radical (unpaired) electrons. The number of aliphatic carboxylic acids is 1. The molecule has 1 unspecified atom stereocenters. The van der Waals surface area contributed by atoms with Crippen molar-refractivity contribution in [3.8, 4) is 0 Å². The summed E-state index contributed by atoms with van der Waals surface area (Å²) in [6, 6.07) is 7.17. The number of carboxylic acids is 1. The van der Waals surface area contributed by atoms with Crippen LogP contribution < -0.4 is 5.73 Å². The molecule has 15 heavy (non-hydrogen) atoms. The molecule has 0 bridgehead atoms. The zero-order valence-electron chi connectivity index (χ0n) is 8.94. The van der Waals surface area contributed by atoms with E-state index in [1.54, 1.807) is 0 Å². The molecule has 0 amide bonds. The highest BCUT2D eigenvalue weighted by molar-refractivity contribution is 5.73. The van der Waals surface area contributed by atoms with E-state index in [9.17, 15) is 4.79 Å². The predicted molar refractivity (Wildman–Crippen MR) is 59.8 cm³/mol. The fourth-order valence-corrected chi connectivity index (χ4v) is 1.47. The molecule has 1 aromatic carbocycles. The van der Waals surface area contributed by atoms with E-state index in [0.717, 1.165) is 18.4 Å². The van der Waals surface area contributed by atoms with Gasteiger partial charge in [-0.3, -0.25) is 4.79 Å². The molecule has 1 atom stereocenters. The first-order valence-corrected chi connectivity index (χ1v) is 5.19. The molecule has 0 aliphatic carbocycles. The van der Waals surface area contributed by atoms with Crippen LogP contribution in [-0.2, 0) is 17.6 Å². The molecular formula is C12H17NO2. The van der Waals surface area contributed by atoms with Gasteiger partial charge in [0.2, 0.25) is 0 Å². The molecule has 0 fully saturated rings. The third-order valence-electron chi connectivity index (χ3n) is 2.33. The lowest BCUT2D eigenvalue weighted by Gasteiger charge is -2.07. The van der Waals surface area contributed by atoms with Crippen LogP contribution in [0.5, 0.6) is 0 Å². The topological polar surface area (TPSA) is 63.3 Å². The Morgan fingerprint density at radius 3 is 2.33 bits per heavy atom. The van der Waals surface area contributed by atoms with Crippen molar-refractivity contribution in [1.82, 2.24) is 0 Å². The van der Waals surface area contributed by atoms with Crippen LogP contribution in [-0.4, -0.2) is 17.1 Å². The van der Waals surface area contributed by atoms with E-state index >= 15 is 0 Å². The van der Waals surface area contributed by atoms with Gasteiger partial charge in [-0.1, -0.05) is 37.6 Å². The average molecular weight is 207 g/mol. The molecule has 0 saturated carbocycles. The van der Waals surface area contributed by atoms with Crippen molar-refractivity contribution in [2.24, 2.45) is 5.73 Å². The van der Waals surface area contributed by atoms with Gasteiger partial charge < -0.3 is 10.8 Å². The van der Waals surface area contributed by atoms with E-state index in [0.29, 0.717) is 6.42 Å². The molecule has 0 saturated heterocycles. The first-order chi connectivity index (χ1) is 7.13. The summed E-state index contributed by atoms with van der Waals surface area (Å²) in [5.41, 5.74) is 7.70. The van der Waals surface area contributed by atoms with Crippen LogP contribution in [0.15, 0.2) is 24.3 Å². The van der Waals surface area contributed by atoms with Gasteiger partial charge in [0.25, 0.3) is 0 Å². The van der Waals surface area contributed by atoms with Gasteiger partial charge in [0.1, 0.15) is 6.04 Å². The monoisotopic (exact) mass is 207 g/mol. The molecule has 0 aliphatic rings. The molecule has 1 aromatic rings. The molecule has 0 spiro atoms. The maximum absolute atomic E-state index is 10.5. The van der Waals surface area contributed by atoms with Crippen LogP contribution >= 0.6 is 0 Å². The number of carbonyl (C=O) groups is 1. The van der Waals surface area contributed by atoms with Gasteiger partial charge in [0.15, 0.2) is 0 Å². The summed E-state index contributed by atoms with van der Waals surface area (Å²) in [5.74, 6) is -0.951. The smallest absolute Gasteiger partial charge is 0.320 e. The minimum Gasteiger partial charge on any atom is -0.480 e. The molecule has 3 nitrogen and oxygen atoms in total. The second-order valence-electron chi connectivity index (χ2n) is 3.72. The van der Waals surface area contributed by atoms with Crippen LogP contribution in [0.1, 0.15) is 24.5 Å². The fraction of sp³-hybridized carbons (Fsp3) is 0.417. The maximum atomic E-state index is 10.5. The van der Waals surface area contributed by atoms with Crippen LogP contribution in [0, 0.1) is 0 Å². The van der Waals surface area contributed by atoms with Crippen molar-refractivity contribution in [3.63, 3.8) is 0 Å².